The van der Waals surface area contributed by atoms with Crippen LogP contribution < -0.4 is 0 Å². The van der Waals surface area contributed by atoms with E-state index in [9.17, 15) is 22.0 Å². The lowest BCUT2D eigenvalue weighted by Crippen LogP contribution is -2.31. The third-order valence-electron chi connectivity index (χ3n) is 1.09. The highest BCUT2D eigenvalue weighted by Gasteiger charge is 2.43. The molecule has 0 aliphatic heterocycles. The Kier molecular flexibility index (Phi) is 4.09. The number of ether oxygens (including phenoxy) is 1. The van der Waals surface area contributed by atoms with Gasteiger partial charge in [-0.25, -0.2) is 8.78 Å². The average Bonchev–Trinajstić information content (AvgIpc) is 1.78. The Hall–Kier alpha value is -0.390. The smallest absolute Gasteiger partial charge is 0.373 e. The predicted molar refractivity (Wildman–Crippen MR) is 36.7 cm³/mol. The molecule has 0 aromatic carbocycles. The lowest BCUT2D eigenvalue weighted by Gasteiger charge is -2.19. The number of rotatable bonds is 4. The Labute approximate surface area is 72.9 Å². The second-order valence-corrected chi connectivity index (χ2v) is 3.01. The highest BCUT2D eigenvalue weighted by Crippen LogP contribution is 2.31. The molecule has 0 fully saturated rings. The Bertz CT molecular complexity index is 151. The minimum Gasteiger partial charge on any atom is -0.373 e. The van der Waals surface area contributed by atoms with Gasteiger partial charge in [0.25, 0.3) is 5.92 Å². The molecule has 0 saturated heterocycles. The fourth-order valence-electron chi connectivity index (χ4n) is 0.633. The summed E-state index contributed by atoms with van der Waals surface area (Å²) >= 11 is 0. The van der Waals surface area contributed by atoms with E-state index in [0.717, 1.165) is 0 Å². The van der Waals surface area contributed by atoms with Crippen molar-refractivity contribution in [2.24, 2.45) is 0 Å². The first-order valence-electron chi connectivity index (χ1n) is 3.68. The maximum Gasteiger partial charge on any atom is 0.394 e. The molecule has 6 heteroatoms. The summed E-state index contributed by atoms with van der Waals surface area (Å²) in [7, 11) is 0. The second kappa shape index (κ2) is 4.21. The average molecular weight is 206 g/mol. The fourth-order valence-corrected chi connectivity index (χ4v) is 0.633. The van der Waals surface area contributed by atoms with Gasteiger partial charge in [-0.2, -0.15) is 13.2 Å². The first kappa shape index (κ1) is 12.6. The number of hydrogen-bond acceptors (Lipinski definition) is 1. The van der Waals surface area contributed by atoms with Crippen molar-refractivity contribution in [1.82, 2.24) is 0 Å². The van der Waals surface area contributed by atoms with Gasteiger partial charge in [-0.15, -0.1) is 0 Å². The van der Waals surface area contributed by atoms with Gasteiger partial charge in [-0.3, -0.25) is 0 Å². The van der Waals surface area contributed by atoms with Crippen molar-refractivity contribution >= 4 is 0 Å². The molecule has 1 nitrogen and oxygen atoms in total. The number of hydrogen-bond donors (Lipinski definition) is 0. The molecular weight excluding hydrogens is 195 g/mol. The highest BCUT2D eigenvalue weighted by molar-refractivity contribution is 4.70. The molecule has 13 heavy (non-hydrogen) atoms. The Morgan fingerprint density at radius 3 is 1.85 bits per heavy atom. The largest absolute Gasteiger partial charge is 0.394 e. The highest BCUT2D eigenvalue weighted by atomic mass is 19.4. The van der Waals surface area contributed by atoms with Crippen LogP contribution in [0.2, 0.25) is 0 Å². The van der Waals surface area contributed by atoms with Gasteiger partial charge in [-0.1, -0.05) is 0 Å². The Balaban J connectivity index is 3.94. The van der Waals surface area contributed by atoms with Crippen LogP contribution in [0.3, 0.4) is 0 Å². The molecule has 0 unspecified atom stereocenters. The SMILES string of the molecule is CC(C)OCC(F)(F)CC(F)(F)F. The van der Waals surface area contributed by atoms with Crippen molar-refractivity contribution in [3.8, 4) is 0 Å². The monoisotopic (exact) mass is 206 g/mol. The maximum atomic E-state index is 12.4. The molecule has 0 aromatic heterocycles. The zero-order valence-corrected chi connectivity index (χ0v) is 7.29. The first-order chi connectivity index (χ1) is 5.62. The van der Waals surface area contributed by atoms with Crippen molar-refractivity contribution in [2.45, 2.75) is 38.5 Å². The molecule has 0 bridgehead atoms. The zero-order valence-electron chi connectivity index (χ0n) is 7.29. The quantitative estimate of drug-likeness (QED) is 0.642. The van der Waals surface area contributed by atoms with Gasteiger partial charge in [0.2, 0.25) is 0 Å². The summed E-state index contributed by atoms with van der Waals surface area (Å²) in [4.78, 5) is 0. The summed E-state index contributed by atoms with van der Waals surface area (Å²) in [6, 6.07) is 0. The third kappa shape index (κ3) is 7.95. The van der Waals surface area contributed by atoms with E-state index >= 15 is 0 Å². The van der Waals surface area contributed by atoms with Crippen LogP contribution >= 0.6 is 0 Å². The Morgan fingerprint density at radius 1 is 1.08 bits per heavy atom. The van der Waals surface area contributed by atoms with Crippen molar-refractivity contribution < 1.29 is 26.7 Å². The van der Waals surface area contributed by atoms with Crippen LogP contribution in [0.1, 0.15) is 20.3 Å². The lowest BCUT2D eigenvalue weighted by atomic mass is 10.2. The zero-order chi connectivity index (χ0) is 10.7. The van der Waals surface area contributed by atoms with Gasteiger partial charge in [-0.05, 0) is 13.8 Å². The predicted octanol–water partition coefficient (Wildman–Crippen LogP) is 3.00. The maximum absolute atomic E-state index is 12.4. The van der Waals surface area contributed by atoms with E-state index in [2.05, 4.69) is 4.74 Å². The van der Waals surface area contributed by atoms with E-state index in [1.165, 1.54) is 13.8 Å². The molecule has 0 rings (SSSR count). The van der Waals surface area contributed by atoms with Crippen LogP contribution in [0.5, 0.6) is 0 Å². The van der Waals surface area contributed by atoms with Crippen LogP contribution in [-0.2, 0) is 4.74 Å². The van der Waals surface area contributed by atoms with Gasteiger partial charge in [0.15, 0.2) is 0 Å². The molecular formula is C7H11F5O. The molecule has 0 N–H and O–H groups in total. The molecule has 0 radical (unpaired) electrons. The van der Waals surface area contributed by atoms with Crippen LogP contribution in [0.15, 0.2) is 0 Å². The van der Waals surface area contributed by atoms with Crippen LogP contribution in [0, 0.1) is 0 Å². The normalized spacial score (nSPS) is 13.8. The summed E-state index contributed by atoms with van der Waals surface area (Å²) in [6.45, 7) is 1.76. The van der Waals surface area contributed by atoms with Crippen LogP contribution in [-0.4, -0.2) is 24.8 Å². The summed E-state index contributed by atoms with van der Waals surface area (Å²) < 4.78 is 63.9. The third-order valence-corrected chi connectivity index (χ3v) is 1.09. The van der Waals surface area contributed by atoms with Crippen LogP contribution in [0.4, 0.5) is 22.0 Å². The summed E-state index contributed by atoms with van der Waals surface area (Å²) in [5, 5.41) is 0. The molecule has 0 aliphatic rings. The minimum atomic E-state index is -4.86. The van der Waals surface area contributed by atoms with Crippen molar-refractivity contribution in [3.05, 3.63) is 0 Å². The van der Waals surface area contributed by atoms with Crippen molar-refractivity contribution in [1.29, 1.82) is 0 Å². The fraction of sp³-hybridized carbons (Fsp3) is 1.00. The van der Waals surface area contributed by atoms with Crippen LogP contribution in [0.25, 0.3) is 0 Å². The number of alkyl halides is 5. The van der Waals surface area contributed by atoms with Gasteiger partial charge < -0.3 is 4.74 Å². The summed E-state index contributed by atoms with van der Waals surface area (Å²) in [6.07, 6.45) is -7.49. The lowest BCUT2D eigenvalue weighted by molar-refractivity contribution is -0.204. The van der Waals surface area contributed by atoms with E-state index in [1.54, 1.807) is 0 Å². The van der Waals surface area contributed by atoms with Gasteiger partial charge in [0, 0.05) is 0 Å². The summed E-state index contributed by atoms with van der Waals surface area (Å²) in [5.74, 6) is -3.83. The summed E-state index contributed by atoms with van der Waals surface area (Å²) in [5.41, 5.74) is 0. The molecule has 80 valence electrons. The van der Waals surface area contributed by atoms with E-state index < -0.39 is 31.2 Å². The topological polar surface area (TPSA) is 9.23 Å². The molecule has 0 saturated carbocycles. The van der Waals surface area contributed by atoms with E-state index in [0.29, 0.717) is 0 Å². The van der Waals surface area contributed by atoms with E-state index in [4.69, 9.17) is 0 Å². The molecule has 0 atom stereocenters. The minimum absolute atomic E-state index is 0.501. The van der Waals surface area contributed by atoms with Gasteiger partial charge in [0.05, 0.1) is 6.10 Å². The van der Waals surface area contributed by atoms with E-state index in [-0.39, 0.29) is 0 Å². The number of halogens is 5. The second-order valence-electron chi connectivity index (χ2n) is 3.01. The van der Waals surface area contributed by atoms with Gasteiger partial charge >= 0.3 is 6.18 Å². The molecule has 0 amide bonds. The standard InChI is InChI=1S/C7H11F5O/c1-5(2)13-4-6(8,9)3-7(10,11)12/h5H,3-4H2,1-2H3. The molecule has 0 aromatic rings. The van der Waals surface area contributed by atoms with Gasteiger partial charge in [0.1, 0.15) is 13.0 Å². The first-order valence-corrected chi connectivity index (χ1v) is 3.68. The molecule has 0 aliphatic carbocycles. The van der Waals surface area contributed by atoms with Crippen molar-refractivity contribution in [2.75, 3.05) is 6.61 Å². The van der Waals surface area contributed by atoms with Crippen molar-refractivity contribution in [3.63, 3.8) is 0 Å². The van der Waals surface area contributed by atoms with E-state index in [1.807, 2.05) is 0 Å². The molecule has 0 heterocycles. The Morgan fingerprint density at radius 2 is 1.54 bits per heavy atom. The molecule has 0 spiro atoms.